The van der Waals surface area contributed by atoms with Gasteiger partial charge in [0.25, 0.3) is 0 Å². The molecule has 1 aromatic carbocycles. The van der Waals surface area contributed by atoms with Gasteiger partial charge in [-0.05, 0) is 43.2 Å². The quantitative estimate of drug-likeness (QED) is 0.839. The van der Waals surface area contributed by atoms with Crippen molar-refractivity contribution >= 4 is 11.8 Å². The van der Waals surface area contributed by atoms with Crippen molar-refractivity contribution in [2.45, 2.75) is 23.7 Å². The maximum absolute atomic E-state index is 14.4. The molecule has 0 aliphatic carbocycles. The summed E-state index contributed by atoms with van der Waals surface area (Å²) in [6.07, 6.45) is 4.05. The van der Waals surface area contributed by atoms with Crippen molar-refractivity contribution in [1.29, 1.82) is 0 Å². The van der Waals surface area contributed by atoms with Crippen LogP contribution in [0.3, 0.4) is 0 Å². The van der Waals surface area contributed by atoms with Crippen LogP contribution in [0.15, 0.2) is 17.0 Å². The van der Waals surface area contributed by atoms with Crippen molar-refractivity contribution < 1.29 is 9.13 Å². The lowest BCUT2D eigenvalue weighted by Crippen LogP contribution is -2.28. The van der Waals surface area contributed by atoms with Gasteiger partial charge in [0.15, 0.2) is 0 Å². The van der Waals surface area contributed by atoms with Gasteiger partial charge >= 0.3 is 0 Å². The molecule has 0 radical (unpaired) electrons. The van der Waals surface area contributed by atoms with Crippen LogP contribution in [-0.4, -0.2) is 26.5 Å². The van der Waals surface area contributed by atoms with Gasteiger partial charge in [-0.3, -0.25) is 0 Å². The van der Waals surface area contributed by atoms with Crippen LogP contribution in [-0.2, 0) is 0 Å². The summed E-state index contributed by atoms with van der Waals surface area (Å²) in [4.78, 5) is 0.621. The molecule has 17 heavy (non-hydrogen) atoms. The van der Waals surface area contributed by atoms with E-state index in [0.717, 1.165) is 31.5 Å². The number of piperidine rings is 1. The molecule has 1 fully saturated rings. The van der Waals surface area contributed by atoms with E-state index >= 15 is 0 Å². The molecular weight excluding hydrogens is 237 g/mol. The number of halogens is 1. The first kappa shape index (κ1) is 12.7. The van der Waals surface area contributed by atoms with E-state index in [2.05, 4.69) is 5.32 Å². The number of methoxy groups -OCH3 is 1. The van der Waals surface area contributed by atoms with Gasteiger partial charge in [-0.15, -0.1) is 11.8 Å². The number of nitrogens with one attached hydrogen (secondary N) is 1. The highest BCUT2D eigenvalue weighted by atomic mass is 32.2. The van der Waals surface area contributed by atoms with Gasteiger partial charge in [-0.2, -0.15) is 0 Å². The first-order valence-corrected chi connectivity index (χ1v) is 7.11. The molecule has 1 heterocycles. The van der Waals surface area contributed by atoms with Gasteiger partial charge < -0.3 is 10.1 Å². The second kappa shape index (κ2) is 5.74. The van der Waals surface area contributed by atoms with Crippen molar-refractivity contribution in [3.63, 3.8) is 0 Å². The molecule has 1 aliphatic rings. The van der Waals surface area contributed by atoms with Crippen molar-refractivity contribution in [2.75, 3.05) is 26.5 Å². The van der Waals surface area contributed by atoms with Crippen molar-refractivity contribution in [2.24, 2.45) is 0 Å². The Morgan fingerprint density at radius 3 is 2.88 bits per heavy atom. The molecular formula is C13H18FNOS. The molecule has 0 saturated carbocycles. The van der Waals surface area contributed by atoms with Gasteiger partial charge in [-0.1, -0.05) is 6.07 Å². The SMILES string of the molecule is COc1ccc(C2CCCNC2)c(F)c1SC. The smallest absolute Gasteiger partial charge is 0.144 e. The maximum Gasteiger partial charge on any atom is 0.144 e. The van der Waals surface area contributed by atoms with Crippen LogP contribution in [0, 0.1) is 5.82 Å². The number of ether oxygens (including phenoxy) is 1. The standard InChI is InChI=1S/C13H18FNOS/c1-16-11-6-5-10(12(14)13(11)17-2)9-4-3-7-15-8-9/h5-6,9,15H,3-4,7-8H2,1-2H3. The van der Waals surface area contributed by atoms with Crippen LogP contribution in [0.25, 0.3) is 0 Å². The summed E-state index contributed by atoms with van der Waals surface area (Å²) in [5, 5.41) is 3.32. The highest BCUT2D eigenvalue weighted by molar-refractivity contribution is 7.98. The van der Waals surface area contributed by atoms with Gasteiger partial charge in [-0.25, -0.2) is 4.39 Å². The van der Waals surface area contributed by atoms with E-state index < -0.39 is 0 Å². The Morgan fingerprint density at radius 1 is 1.47 bits per heavy atom. The summed E-state index contributed by atoms with van der Waals surface area (Å²) in [5.41, 5.74) is 0.822. The van der Waals surface area contributed by atoms with E-state index in [9.17, 15) is 4.39 Å². The molecule has 1 aliphatic heterocycles. The van der Waals surface area contributed by atoms with Crippen molar-refractivity contribution in [3.05, 3.63) is 23.5 Å². The van der Waals surface area contributed by atoms with E-state index in [0.29, 0.717) is 16.6 Å². The number of benzene rings is 1. The molecule has 94 valence electrons. The first-order chi connectivity index (χ1) is 8.27. The Morgan fingerprint density at radius 2 is 2.29 bits per heavy atom. The van der Waals surface area contributed by atoms with E-state index in [1.807, 2.05) is 18.4 Å². The summed E-state index contributed by atoms with van der Waals surface area (Å²) >= 11 is 1.40. The highest BCUT2D eigenvalue weighted by Crippen LogP contribution is 2.36. The lowest BCUT2D eigenvalue weighted by Gasteiger charge is -2.24. The predicted molar refractivity (Wildman–Crippen MR) is 69.6 cm³/mol. The van der Waals surface area contributed by atoms with Gasteiger partial charge in [0, 0.05) is 6.54 Å². The van der Waals surface area contributed by atoms with E-state index in [1.54, 1.807) is 7.11 Å². The Balaban J connectivity index is 2.34. The number of hydrogen-bond donors (Lipinski definition) is 1. The van der Waals surface area contributed by atoms with Crippen LogP contribution < -0.4 is 10.1 Å². The second-order valence-electron chi connectivity index (χ2n) is 4.25. The third-order valence-corrected chi connectivity index (χ3v) is 4.04. The van der Waals surface area contributed by atoms with Crippen LogP contribution in [0.1, 0.15) is 24.3 Å². The fraction of sp³-hybridized carbons (Fsp3) is 0.538. The Kier molecular flexibility index (Phi) is 4.29. The average molecular weight is 255 g/mol. The van der Waals surface area contributed by atoms with Crippen molar-refractivity contribution in [1.82, 2.24) is 5.32 Å². The lowest BCUT2D eigenvalue weighted by molar-refractivity contribution is 0.392. The molecule has 2 nitrogen and oxygen atoms in total. The van der Waals surface area contributed by atoms with Crippen LogP contribution in [0.2, 0.25) is 0 Å². The summed E-state index contributed by atoms with van der Waals surface area (Å²) < 4.78 is 19.6. The molecule has 2 rings (SSSR count). The average Bonchev–Trinajstić information content (AvgIpc) is 2.39. The minimum Gasteiger partial charge on any atom is -0.495 e. The molecule has 1 atom stereocenters. The van der Waals surface area contributed by atoms with E-state index in [-0.39, 0.29) is 5.82 Å². The summed E-state index contributed by atoms with van der Waals surface area (Å²) in [6, 6.07) is 3.74. The van der Waals surface area contributed by atoms with Crippen LogP contribution in [0.4, 0.5) is 4.39 Å². The topological polar surface area (TPSA) is 21.3 Å². The summed E-state index contributed by atoms with van der Waals surface area (Å²) in [6.45, 7) is 1.92. The maximum atomic E-state index is 14.4. The fourth-order valence-corrected chi connectivity index (χ4v) is 2.99. The highest BCUT2D eigenvalue weighted by Gasteiger charge is 2.22. The van der Waals surface area contributed by atoms with Gasteiger partial charge in [0.1, 0.15) is 11.6 Å². The van der Waals surface area contributed by atoms with Crippen LogP contribution in [0.5, 0.6) is 5.75 Å². The van der Waals surface area contributed by atoms with Crippen LogP contribution >= 0.6 is 11.8 Å². The lowest BCUT2D eigenvalue weighted by atomic mass is 9.91. The number of thioether (sulfide) groups is 1. The zero-order chi connectivity index (χ0) is 12.3. The summed E-state index contributed by atoms with van der Waals surface area (Å²) in [5.74, 6) is 0.814. The molecule has 1 unspecified atom stereocenters. The third kappa shape index (κ3) is 2.58. The first-order valence-electron chi connectivity index (χ1n) is 5.89. The predicted octanol–water partition coefficient (Wildman–Crippen LogP) is 3.02. The molecule has 1 N–H and O–H groups in total. The molecule has 0 amide bonds. The fourth-order valence-electron chi connectivity index (χ4n) is 2.34. The second-order valence-corrected chi connectivity index (χ2v) is 5.06. The molecule has 0 bridgehead atoms. The normalized spacial score (nSPS) is 20.3. The molecule has 4 heteroatoms. The third-order valence-electron chi connectivity index (χ3n) is 3.25. The zero-order valence-corrected chi connectivity index (χ0v) is 11.1. The summed E-state index contributed by atoms with van der Waals surface area (Å²) in [7, 11) is 1.58. The van der Waals surface area contributed by atoms with Gasteiger partial charge in [0.05, 0.1) is 12.0 Å². The molecule has 1 aromatic rings. The minimum absolute atomic E-state index is 0.106. The van der Waals surface area contributed by atoms with E-state index in [4.69, 9.17) is 4.74 Å². The minimum atomic E-state index is -0.106. The Bertz CT molecular complexity index is 391. The Labute approximate surface area is 106 Å². The van der Waals surface area contributed by atoms with E-state index in [1.165, 1.54) is 11.8 Å². The zero-order valence-electron chi connectivity index (χ0n) is 10.3. The monoisotopic (exact) mass is 255 g/mol. The number of rotatable bonds is 3. The molecule has 0 aromatic heterocycles. The Hall–Kier alpha value is -0.740. The van der Waals surface area contributed by atoms with Crippen molar-refractivity contribution in [3.8, 4) is 5.75 Å². The molecule has 0 spiro atoms. The molecule has 1 saturated heterocycles. The number of hydrogen-bond acceptors (Lipinski definition) is 3. The van der Waals surface area contributed by atoms with Gasteiger partial charge in [0.2, 0.25) is 0 Å². The largest absolute Gasteiger partial charge is 0.495 e.